The van der Waals surface area contributed by atoms with Gasteiger partial charge in [-0.1, -0.05) is 59.6 Å². The molecule has 3 aromatic rings. The smallest absolute Gasteiger partial charge is 0.138 e. The van der Waals surface area contributed by atoms with Gasteiger partial charge in [-0.3, -0.25) is 0 Å². The molecule has 1 heterocycles. The average molecular weight is 289 g/mol. The van der Waals surface area contributed by atoms with Crippen LogP contribution >= 0.6 is 23.2 Å². The lowest BCUT2D eigenvalue weighted by molar-refractivity contribution is 1.31. The predicted molar refractivity (Wildman–Crippen MR) is 79.5 cm³/mol. The van der Waals surface area contributed by atoms with Crippen LogP contribution in [0, 0.1) is 0 Å². The molecule has 1 aromatic heterocycles. The van der Waals surface area contributed by atoms with Crippen molar-refractivity contribution >= 4 is 23.2 Å². The number of benzene rings is 2. The quantitative estimate of drug-likeness (QED) is 0.702. The average Bonchev–Trinajstić information content (AvgIpc) is 2.89. The molecule has 0 unspecified atom stereocenters. The molecule has 0 aliphatic heterocycles. The van der Waals surface area contributed by atoms with Crippen molar-refractivity contribution in [3.8, 4) is 22.6 Å². The minimum absolute atomic E-state index is 0.596. The Morgan fingerprint density at radius 3 is 2.21 bits per heavy atom. The number of H-pyrrole nitrogens is 1. The first-order valence-electron chi connectivity index (χ1n) is 5.81. The van der Waals surface area contributed by atoms with E-state index >= 15 is 0 Å². The number of imidazole rings is 1. The van der Waals surface area contributed by atoms with Crippen LogP contribution < -0.4 is 0 Å². The molecule has 0 aliphatic rings. The van der Waals surface area contributed by atoms with Crippen LogP contribution in [0.3, 0.4) is 0 Å². The van der Waals surface area contributed by atoms with Crippen LogP contribution in [0.1, 0.15) is 0 Å². The van der Waals surface area contributed by atoms with Gasteiger partial charge in [0, 0.05) is 17.3 Å². The van der Waals surface area contributed by atoms with E-state index in [0.717, 1.165) is 22.6 Å². The van der Waals surface area contributed by atoms with Crippen LogP contribution in [0.25, 0.3) is 22.6 Å². The molecule has 94 valence electrons. The molecule has 4 heteroatoms. The molecule has 3 rings (SSSR count). The molecule has 2 aromatic carbocycles. The Kier molecular flexibility index (Phi) is 3.28. The van der Waals surface area contributed by atoms with Crippen LogP contribution in [-0.2, 0) is 0 Å². The van der Waals surface area contributed by atoms with Gasteiger partial charge in [0.05, 0.1) is 15.7 Å². The van der Waals surface area contributed by atoms with Gasteiger partial charge in [0.15, 0.2) is 0 Å². The normalized spacial score (nSPS) is 10.6. The van der Waals surface area contributed by atoms with E-state index in [4.69, 9.17) is 23.2 Å². The minimum atomic E-state index is 0.596. The monoisotopic (exact) mass is 288 g/mol. The number of hydrogen-bond donors (Lipinski definition) is 1. The zero-order valence-electron chi connectivity index (χ0n) is 9.90. The van der Waals surface area contributed by atoms with E-state index in [1.807, 2.05) is 42.6 Å². The Balaban J connectivity index is 2.07. The Hall–Kier alpha value is -1.77. The summed E-state index contributed by atoms with van der Waals surface area (Å²) in [4.78, 5) is 7.69. The third-order valence-corrected chi connectivity index (χ3v) is 3.47. The Morgan fingerprint density at radius 2 is 1.53 bits per heavy atom. The van der Waals surface area contributed by atoms with Crippen molar-refractivity contribution < 1.29 is 0 Å². The molecule has 0 spiro atoms. The van der Waals surface area contributed by atoms with Crippen LogP contribution in [0.5, 0.6) is 0 Å². The molecule has 0 saturated carbocycles. The standard InChI is InChI=1S/C15H10Cl2N2/c16-11-7-4-8-12(17)14(11)13-9-18-15(19-13)10-5-2-1-3-6-10/h1-9H,(H,18,19). The van der Waals surface area contributed by atoms with Crippen molar-refractivity contribution in [2.75, 3.05) is 0 Å². The van der Waals surface area contributed by atoms with Gasteiger partial charge in [-0.25, -0.2) is 4.98 Å². The molecule has 19 heavy (non-hydrogen) atoms. The summed E-state index contributed by atoms with van der Waals surface area (Å²) in [7, 11) is 0. The van der Waals surface area contributed by atoms with Gasteiger partial charge < -0.3 is 4.98 Å². The van der Waals surface area contributed by atoms with E-state index in [1.165, 1.54) is 0 Å². The van der Waals surface area contributed by atoms with E-state index in [0.29, 0.717) is 10.0 Å². The topological polar surface area (TPSA) is 28.7 Å². The molecule has 0 saturated heterocycles. The third kappa shape index (κ3) is 2.37. The number of rotatable bonds is 2. The van der Waals surface area contributed by atoms with Gasteiger partial charge in [-0.2, -0.15) is 0 Å². The van der Waals surface area contributed by atoms with Crippen LogP contribution in [0.4, 0.5) is 0 Å². The maximum Gasteiger partial charge on any atom is 0.138 e. The highest BCUT2D eigenvalue weighted by Gasteiger charge is 2.12. The number of nitrogens with one attached hydrogen (secondary N) is 1. The SMILES string of the molecule is Clc1cccc(Cl)c1-c1c[nH]c(-c2ccccc2)n1. The first-order chi connectivity index (χ1) is 9.25. The zero-order valence-corrected chi connectivity index (χ0v) is 11.4. The summed E-state index contributed by atoms with van der Waals surface area (Å²) in [5, 5.41) is 1.19. The van der Waals surface area contributed by atoms with Crippen molar-refractivity contribution in [1.82, 2.24) is 9.97 Å². The third-order valence-electron chi connectivity index (χ3n) is 2.84. The molecule has 0 aliphatic carbocycles. The fourth-order valence-corrected chi connectivity index (χ4v) is 2.53. The van der Waals surface area contributed by atoms with Crippen molar-refractivity contribution in [2.45, 2.75) is 0 Å². The van der Waals surface area contributed by atoms with Crippen molar-refractivity contribution in [3.63, 3.8) is 0 Å². The van der Waals surface area contributed by atoms with E-state index in [9.17, 15) is 0 Å². The van der Waals surface area contributed by atoms with E-state index in [1.54, 1.807) is 12.1 Å². The molecule has 1 N–H and O–H groups in total. The summed E-state index contributed by atoms with van der Waals surface area (Å²) in [5.74, 6) is 0.798. The number of hydrogen-bond acceptors (Lipinski definition) is 1. The van der Waals surface area contributed by atoms with E-state index in [2.05, 4.69) is 9.97 Å². The number of aromatic amines is 1. The van der Waals surface area contributed by atoms with Crippen LogP contribution in [-0.4, -0.2) is 9.97 Å². The lowest BCUT2D eigenvalue weighted by Gasteiger charge is -2.02. The zero-order chi connectivity index (χ0) is 13.2. The second-order valence-electron chi connectivity index (χ2n) is 4.10. The maximum absolute atomic E-state index is 6.18. The fraction of sp³-hybridized carbons (Fsp3) is 0. The molecule has 0 atom stereocenters. The highest BCUT2D eigenvalue weighted by molar-refractivity contribution is 6.39. The number of nitrogens with zero attached hydrogens (tertiary/aromatic N) is 1. The van der Waals surface area contributed by atoms with Crippen molar-refractivity contribution in [1.29, 1.82) is 0 Å². The van der Waals surface area contributed by atoms with Gasteiger partial charge in [0.2, 0.25) is 0 Å². The summed E-state index contributed by atoms with van der Waals surface area (Å²) in [5.41, 5.74) is 2.52. The summed E-state index contributed by atoms with van der Waals surface area (Å²) in [6.07, 6.45) is 1.81. The molecule has 2 nitrogen and oxygen atoms in total. The molecule has 0 fully saturated rings. The Bertz CT molecular complexity index is 685. The number of aromatic nitrogens is 2. The van der Waals surface area contributed by atoms with Crippen molar-refractivity contribution in [2.24, 2.45) is 0 Å². The Morgan fingerprint density at radius 1 is 0.842 bits per heavy atom. The predicted octanol–water partition coefficient (Wildman–Crippen LogP) is 5.05. The van der Waals surface area contributed by atoms with Gasteiger partial charge in [0.1, 0.15) is 5.82 Å². The molecule has 0 bridgehead atoms. The second-order valence-corrected chi connectivity index (χ2v) is 4.91. The minimum Gasteiger partial charge on any atom is -0.344 e. The molecule has 0 amide bonds. The highest BCUT2D eigenvalue weighted by atomic mass is 35.5. The lowest BCUT2D eigenvalue weighted by Crippen LogP contribution is -1.83. The van der Waals surface area contributed by atoms with E-state index in [-0.39, 0.29) is 0 Å². The molecular weight excluding hydrogens is 279 g/mol. The summed E-state index contributed by atoms with van der Waals surface area (Å²) >= 11 is 12.4. The summed E-state index contributed by atoms with van der Waals surface area (Å²) in [6, 6.07) is 15.3. The first kappa shape index (κ1) is 12.3. The van der Waals surface area contributed by atoms with Crippen LogP contribution in [0.2, 0.25) is 10.0 Å². The second kappa shape index (κ2) is 5.08. The van der Waals surface area contributed by atoms with Gasteiger partial charge in [-0.15, -0.1) is 0 Å². The molecular formula is C15H10Cl2N2. The largest absolute Gasteiger partial charge is 0.344 e. The summed E-state index contributed by atoms with van der Waals surface area (Å²) in [6.45, 7) is 0. The molecule has 0 radical (unpaired) electrons. The number of halogens is 2. The van der Waals surface area contributed by atoms with Gasteiger partial charge in [0.25, 0.3) is 0 Å². The summed E-state index contributed by atoms with van der Waals surface area (Å²) < 4.78 is 0. The van der Waals surface area contributed by atoms with E-state index < -0.39 is 0 Å². The van der Waals surface area contributed by atoms with Gasteiger partial charge >= 0.3 is 0 Å². The fourth-order valence-electron chi connectivity index (χ4n) is 1.94. The highest BCUT2D eigenvalue weighted by Crippen LogP contribution is 2.34. The Labute approximate surface area is 121 Å². The lowest BCUT2D eigenvalue weighted by atomic mass is 10.1. The first-order valence-corrected chi connectivity index (χ1v) is 6.56. The van der Waals surface area contributed by atoms with Gasteiger partial charge in [-0.05, 0) is 12.1 Å². The van der Waals surface area contributed by atoms with Crippen LogP contribution in [0.15, 0.2) is 54.7 Å². The van der Waals surface area contributed by atoms with Crippen molar-refractivity contribution in [3.05, 3.63) is 64.8 Å². The maximum atomic E-state index is 6.18.